The number of ketones is 2. The summed E-state index contributed by atoms with van der Waals surface area (Å²) in [6.07, 6.45) is 1.61. The highest BCUT2D eigenvalue weighted by Crippen LogP contribution is 2.54. The fourth-order valence-electron chi connectivity index (χ4n) is 8.08. The van der Waals surface area contributed by atoms with Gasteiger partial charge in [-0.2, -0.15) is 0 Å². The standard InChI is InChI=1S/C44H33NO3/c1-43(2)36-17-11-10-14-30(36)31-20-18-27(22-37(31)43)45(26-12-6-5-7-13-26)28-19-21-34-38(23-28)44(3,4)39-25-29(48-42(34)39)24-35-40(46)32-15-8-9-16-33(32)41(35)47/h5-25H,1-4H3. The van der Waals surface area contributed by atoms with Gasteiger partial charge in [-0.05, 0) is 82.4 Å². The van der Waals surface area contributed by atoms with Crippen molar-refractivity contribution in [3.8, 4) is 22.5 Å². The van der Waals surface area contributed by atoms with Crippen LogP contribution in [0.5, 0.6) is 0 Å². The van der Waals surface area contributed by atoms with E-state index in [1.165, 1.54) is 27.8 Å². The molecule has 0 N–H and O–H groups in total. The molecular weight excluding hydrogens is 590 g/mol. The average Bonchev–Trinajstić information content (AvgIpc) is 3.76. The minimum atomic E-state index is -0.364. The Morgan fingerprint density at radius 2 is 1.02 bits per heavy atom. The van der Waals surface area contributed by atoms with Crippen LogP contribution in [-0.2, 0) is 10.8 Å². The zero-order chi connectivity index (χ0) is 32.9. The number of carbonyl (C=O) groups is 2. The first-order valence-corrected chi connectivity index (χ1v) is 16.4. The van der Waals surface area contributed by atoms with Gasteiger partial charge in [-0.15, -0.1) is 0 Å². The number of anilines is 3. The maximum atomic E-state index is 13.1. The van der Waals surface area contributed by atoms with Gasteiger partial charge in [0.25, 0.3) is 0 Å². The zero-order valence-electron chi connectivity index (χ0n) is 27.3. The van der Waals surface area contributed by atoms with Crippen molar-refractivity contribution in [3.63, 3.8) is 0 Å². The summed E-state index contributed by atoms with van der Waals surface area (Å²) in [5.74, 6) is 0.791. The molecule has 3 aliphatic carbocycles. The van der Waals surface area contributed by atoms with Crippen molar-refractivity contribution in [3.05, 3.63) is 166 Å². The molecule has 3 aliphatic rings. The van der Waals surface area contributed by atoms with E-state index in [-0.39, 0.29) is 28.0 Å². The van der Waals surface area contributed by atoms with E-state index in [0.29, 0.717) is 16.9 Å². The SMILES string of the molecule is CC1(C)c2ccccc2-c2ccc(N(c3ccccc3)c3ccc4c(c3)C(C)(C)c3cc(C=C5C(=O)c6ccccc6C5=O)oc3-4)cc21. The maximum Gasteiger partial charge on any atom is 0.197 e. The third kappa shape index (κ3) is 3.89. The predicted molar refractivity (Wildman–Crippen MR) is 192 cm³/mol. The average molecular weight is 624 g/mol. The molecule has 0 spiro atoms. The Morgan fingerprint density at radius 3 is 1.69 bits per heavy atom. The summed E-state index contributed by atoms with van der Waals surface area (Å²) in [6, 6.07) is 41.6. The van der Waals surface area contributed by atoms with E-state index >= 15 is 0 Å². The summed E-state index contributed by atoms with van der Waals surface area (Å²) in [5.41, 5.74) is 12.3. The minimum absolute atomic E-state index is 0.109. The van der Waals surface area contributed by atoms with E-state index < -0.39 is 0 Å². The van der Waals surface area contributed by atoms with E-state index in [0.717, 1.165) is 33.9 Å². The molecule has 0 amide bonds. The molecular formula is C44H33NO3. The van der Waals surface area contributed by atoms with Crippen LogP contribution in [0.2, 0.25) is 0 Å². The third-order valence-electron chi connectivity index (χ3n) is 10.6. The Bertz CT molecular complexity index is 2350. The fraction of sp³-hybridized carbons (Fsp3) is 0.136. The first kappa shape index (κ1) is 28.5. The van der Waals surface area contributed by atoms with Crippen LogP contribution in [0.15, 0.2) is 131 Å². The zero-order valence-corrected chi connectivity index (χ0v) is 27.3. The van der Waals surface area contributed by atoms with Gasteiger partial charge in [0.15, 0.2) is 11.6 Å². The molecule has 232 valence electrons. The molecule has 0 fully saturated rings. The summed E-state index contributed by atoms with van der Waals surface area (Å²) >= 11 is 0. The van der Waals surface area contributed by atoms with Crippen LogP contribution in [-0.4, -0.2) is 11.6 Å². The van der Waals surface area contributed by atoms with E-state index in [1.807, 2.05) is 12.1 Å². The first-order valence-electron chi connectivity index (χ1n) is 16.4. The highest BCUT2D eigenvalue weighted by molar-refractivity contribution is 6.41. The Kier molecular flexibility index (Phi) is 5.86. The van der Waals surface area contributed by atoms with Crippen LogP contribution in [0.25, 0.3) is 28.5 Å². The molecule has 48 heavy (non-hydrogen) atoms. The number of hydrogen-bond donors (Lipinski definition) is 0. The number of hydrogen-bond acceptors (Lipinski definition) is 4. The quantitative estimate of drug-likeness (QED) is 0.145. The third-order valence-corrected chi connectivity index (χ3v) is 10.6. The van der Waals surface area contributed by atoms with Crippen molar-refractivity contribution in [2.45, 2.75) is 38.5 Å². The van der Waals surface area contributed by atoms with Gasteiger partial charge in [-0.3, -0.25) is 9.59 Å². The Hall–Kier alpha value is -5.74. The van der Waals surface area contributed by atoms with Gasteiger partial charge in [-0.1, -0.05) is 100 Å². The summed E-state index contributed by atoms with van der Waals surface area (Å²) in [7, 11) is 0. The molecule has 0 radical (unpaired) electrons. The topological polar surface area (TPSA) is 50.5 Å². The number of carbonyl (C=O) groups excluding carboxylic acids is 2. The molecule has 0 unspecified atom stereocenters. The van der Waals surface area contributed by atoms with Crippen LogP contribution in [0, 0.1) is 0 Å². The van der Waals surface area contributed by atoms with Crippen molar-refractivity contribution < 1.29 is 14.0 Å². The smallest absolute Gasteiger partial charge is 0.197 e. The monoisotopic (exact) mass is 623 g/mol. The lowest BCUT2D eigenvalue weighted by Crippen LogP contribution is -2.17. The molecule has 9 rings (SSSR count). The Balaban J connectivity index is 1.13. The lowest BCUT2D eigenvalue weighted by molar-refractivity contribution is 0.0990. The van der Waals surface area contributed by atoms with Crippen LogP contribution < -0.4 is 4.90 Å². The Morgan fingerprint density at radius 1 is 0.500 bits per heavy atom. The lowest BCUT2D eigenvalue weighted by atomic mass is 9.82. The summed E-state index contributed by atoms with van der Waals surface area (Å²) < 4.78 is 6.42. The van der Waals surface area contributed by atoms with Crippen LogP contribution in [0.1, 0.15) is 76.4 Å². The second-order valence-corrected chi connectivity index (χ2v) is 14.1. The van der Waals surface area contributed by atoms with Crippen molar-refractivity contribution in [2.75, 3.05) is 4.90 Å². The molecule has 0 saturated heterocycles. The molecule has 6 aromatic rings. The Labute approximate surface area is 280 Å². The van der Waals surface area contributed by atoms with E-state index in [4.69, 9.17) is 4.42 Å². The molecule has 4 heteroatoms. The number of nitrogens with zero attached hydrogens (tertiary/aromatic N) is 1. The molecule has 1 aromatic heterocycles. The highest BCUT2D eigenvalue weighted by atomic mass is 16.3. The number of para-hydroxylation sites is 1. The number of furan rings is 1. The van der Waals surface area contributed by atoms with Crippen LogP contribution >= 0.6 is 0 Å². The van der Waals surface area contributed by atoms with Crippen molar-refractivity contribution in [2.24, 2.45) is 0 Å². The summed E-state index contributed by atoms with van der Waals surface area (Å²) in [6.45, 7) is 9.04. The number of Topliss-reactive ketones (excluding diaryl/α,β-unsaturated/α-hetero) is 2. The van der Waals surface area contributed by atoms with Gasteiger partial charge in [0.05, 0.1) is 5.57 Å². The van der Waals surface area contributed by atoms with Gasteiger partial charge >= 0.3 is 0 Å². The fourth-order valence-corrected chi connectivity index (χ4v) is 8.08. The van der Waals surface area contributed by atoms with Gasteiger partial charge in [0, 0.05) is 50.1 Å². The minimum Gasteiger partial charge on any atom is -0.456 e. The highest BCUT2D eigenvalue weighted by Gasteiger charge is 2.41. The van der Waals surface area contributed by atoms with E-state index in [9.17, 15) is 9.59 Å². The molecule has 5 aromatic carbocycles. The van der Waals surface area contributed by atoms with Crippen molar-refractivity contribution >= 4 is 34.7 Å². The largest absolute Gasteiger partial charge is 0.456 e. The second-order valence-electron chi connectivity index (χ2n) is 14.1. The number of allylic oxidation sites excluding steroid dienone is 1. The van der Waals surface area contributed by atoms with E-state index in [1.54, 1.807) is 30.3 Å². The number of benzene rings is 5. The van der Waals surface area contributed by atoms with Crippen LogP contribution in [0.4, 0.5) is 17.1 Å². The molecule has 0 bridgehead atoms. The van der Waals surface area contributed by atoms with Gasteiger partial charge in [0.2, 0.25) is 0 Å². The maximum absolute atomic E-state index is 13.1. The summed E-state index contributed by atoms with van der Waals surface area (Å²) in [5, 5.41) is 0. The predicted octanol–water partition coefficient (Wildman–Crippen LogP) is 10.8. The van der Waals surface area contributed by atoms with Gasteiger partial charge < -0.3 is 9.32 Å². The summed E-state index contributed by atoms with van der Waals surface area (Å²) in [4.78, 5) is 28.5. The van der Waals surface area contributed by atoms with E-state index in [2.05, 4.69) is 118 Å². The van der Waals surface area contributed by atoms with Gasteiger partial charge in [0.1, 0.15) is 11.5 Å². The number of rotatable bonds is 4. The van der Waals surface area contributed by atoms with Crippen molar-refractivity contribution in [1.82, 2.24) is 0 Å². The second kappa shape index (κ2) is 9.88. The first-order chi connectivity index (χ1) is 23.1. The normalized spacial score (nSPS) is 15.9. The van der Waals surface area contributed by atoms with Crippen LogP contribution in [0.3, 0.4) is 0 Å². The molecule has 0 atom stereocenters. The van der Waals surface area contributed by atoms with Gasteiger partial charge in [-0.25, -0.2) is 0 Å². The molecule has 1 heterocycles. The molecule has 0 saturated carbocycles. The lowest BCUT2D eigenvalue weighted by Gasteiger charge is -2.29. The molecule has 0 aliphatic heterocycles. The number of fused-ring (bicyclic) bond motifs is 7. The van der Waals surface area contributed by atoms with Crippen molar-refractivity contribution in [1.29, 1.82) is 0 Å². The molecule has 4 nitrogen and oxygen atoms in total.